The maximum absolute atomic E-state index is 13.1. The molecular formula is C25H33Cl3N2O4S. The van der Waals surface area contributed by atoms with Crippen LogP contribution in [-0.2, 0) is 22.9 Å². The molecule has 0 fully saturated rings. The lowest BCUT2D eigenvalue weighted by atomic mass is 9.92. The van der Waals surface area contributed by atoms with E-state index in [1.54, 1.807) is 20.3 Å². The minimum atomic E-state index is -3.69. The fraction of sp³-hybridized carbons (Fsp3) is 0.520. The Balaban J connectivity index is 0.00000342. The van der Waals surface area contributed by atoms with Crippen LogP contribution in [0.5, 0.6) is 11.5 Å². The van der Waals surface area contributed by atoms with Crippen molar-refractivity contribution >= 4 is 45.6 Å². The van der Waals surface area contributed by atoms with Gasteiger partial charge in [0, 0.05) is 36.3 Å². The van der Waals surface area contributed by atoms with Crippen molar-refractivity contribution in [3.05, 3.63) is 51.0 Å². The largest absolute Gasteiger partial charge is 0.493 e. The zero-order valence-electron chi connectivity index (χ0n) is 20.4. The Morgan fingerprint density at radius 2 is 1.89 bits per heavy atom. The number of hydrogen-bond donors (Lipinski definition) is 0. The average Bonchev–Trinajstić information content (AvgIpc) is 3.27. The van der Waals surface area contributed by atoms with E-state index in [9.17, 15) is 8.42 Å². The van der Waals surface area contributed by atoms with Gasteiger partial charge < -0.3 is 9.47 Å². The summed E-state index contributed by atoms with van der Waals surface area (Å²) in [5.41, 5.74) is 4.07. The van der Waals surface area contributed by atoms with E-state index in [2.05, 4.69) is 11.0 Å². The molecule has 0 spiro atoms. The van der Waals surface area contributed by atoms with Crippen LogP contribution in [0.2, 0.25) is 10.0 Å². The molecule has 2 aromatic rings. The lowest BCUT2D eigenvalue weighted by Gasteiger charge is -2.35. The number of unbranched alkanes of at least 4 members (excludes halogenated alkanes) is 1. The van der Waals surface area contributed by atoms with Crippen LogP contribution in [0.4, 0.5) is 0 Å². The molecule has 0 radical (unpaired) electrons. The zero-order valence-corrected chi connectivity index (χ0v) is 23.5. The summed E-state index contributed by atoms with van der Waals surface area (Å²) in [7, 11) is -0.293. The summed E-state index contributed by atoms with van der Waals surface area (Å²) in [6, 6.07) is 7.08. The van der Waals surface area contributed by atoms with Gasteiger partial charge in [-0.25, -0.2) is 8.42 Å². The van der Waals surface area contributed by atoms with Crippen molar-refractivity contribution in [2.24, 2.45) is 0 Å². The number of sulfonamides is 1. The molecule has 194 valence electrons. The average molecular weight is 564 g/mol. The van der Waals surface area contributed by atoms with Crippen LogP contribution in [-0.4, -0.2) is 58.0 Å². The summed E-state index contributed by atoms with van der Waals surface area (Å²) in [4.78, 5) is 2.61. The van der Waals surface area contributed by atoms with Gasteiger partial charge in [-0.3, -0.25) is 4.90 Å². The van der Waals surface area contributed by atoms with E-state index >= 15 is 0 Å². The highest BCUT2D eigenvalue weighted by atomic mass is 35.5. The number of methoxy groups -OCH3 is 2. The SMILES string of the molecule is CCN(CCCCN1CCc2cc(OC)c(OC)c3c2C1CC3)S(=O)(=O)c1cc(Cl)ccc1Cl.Cl. The minimum Gasteiger partial charge on any atom is -0.493 e. The number of halogens is 3. The first-order chi connectivity index (χ1) is 16.3. The molecular weight excluding hydrogens is 531 g/mol. The van der Waals surface area contributed by atoms with Gasteiger partial charge in [0.25, 0.3) is 0 Å². The van der Waals surface area contributed by atoms with E-state index < -0.39 is 10.0 Å². The van der Waals surface area contributed by atoms with Crippen LogP contribution in [0.1, 0.15) is 48.9 Å². The molecule has 0 amide bonds. The molecule has 0 saturated carbocycles. The third-order valence-electron chi connectivity index (χ3n) is 6.98. The van der Waals surface area contributed by atoms with Gasteiger partial charge in [0.1, 0.15) is 4.90 Å². The zero-order chi connectivity index (χ0) is 24.5. The van der Waals surface area contributed by atoms with Gasteiger partial charge in [-0.15, -0.1) is 12.4 Å². The number of hydrogen-bond acceptors (Lipinski definition) is 5. The Kier molecular flexibility index (Phi) is 9.63. The van der Waals surface area contributed by atoms with Gasteiger partial charge in [0.05, 0.1) is 19.2 Å². The number of nitrogens with zero attached hydrogens (tertiary/aromatic N) is 2. The molecule has 0 bridgehead atoms. The van der Waals surface area contributed by atoms with E-state index in [0.29, 0.717) is 24.2 Å². The summed E-state index contributed by atoms with van der Waals surface area (Å²) in [6.07, 6.45) is 4.76. The molecule has 1 aliphatic heterocycles. The van der Waals surface area contributed by atoms with Gasteiger partial charge >= 0.3 is 0 Å². The van der Waals surface area contributed by atoms with E-state index in [1.165, 1.54) is 33.1 Å². The summed E-state index contributed by atoms with van der Waals surface area (Å²) in [5.74, 6) is 1.69. The lowest BCUT2D eigenvalue weighted by Crippen LogP contribution is -2.36. The fourth-order valence-electron chi connectivity index (χ4n) is 5.36. The van der Waals surface area contributed by atoms with Crippen LogP contribution >= 0.6 is 35.6 Å². The van der Waals surface area contributed by atoms with Crippen LogP contribution in [0.25, 0.3) is 0 Å². The summed E-state index contributed by atoms with van der Waals surface area (Å²) in [5, 5.41) is 0.550. The van der Waals surface area contributed by atoms with Crippen LogP contribution in [0.3, 0.4) is 0 Å². The predicted molar refractivity (Wildman–Crippen MR) is 143 cm³/mol. The minimum absolute atomic E-state index is 0. The van der Waals surface area contributed by atoms with Gasteiger partial charge in [-0.1, -0.05) is 30.1 Å². The maximum Gasteiger partial charge on any atom is 0.244 e. The Morgan fingerprint density at radius 1 is 1.11 bits per heavy atom. The molecule has 6 nitrogen and oxygen atoms in total. The highest BCUT2D eigenvalue weighted by Crippen LogP contribution is 2.48. The molecule has 1 atom stereocenters. The molecule has 2 aromatic carbocycles. The number of ether oxygens (including phenoxy) is 2. The second kappa shape index (κ2) is 11.9. The molecule has 0 N–H and O–H groups in total. The van der Waals surface area contributed by atoms with Gasteiger partial charge in [0.2, 0.25) is 10.0 Å². The highest BCUT2D eigenvalue weighted by molar-refractivity contribution is 7.89. The van der Waals surface area contributed by atoms with E-state index in [4.69, 9.17) is 32.7 Å². The topological polar surface area (TPSA) is 59.1 Å². The van der Waals surface area contributed by atoms with Crippen LogP contribution in [0, 0.1) is 0 Å². The Morgan fingerprint density at radius 3 is 2.57 bits per heavy atom. The standard InChI is InChI=1S/C25H32Cl2N2O4S.ClH/c1-4-29(34(30,31)23-16-18(26)7-9-20(23)27)13-6-5-12-28-14-11-17-15-22(32-2)25(33-3)19-8-10-21(28)24(17)19;/h7,9,15-16,21H,4-6,8,10-14H2,1-3H3;1H. The molecule has 35 heavy (non-hydrogen) atoms. The first-order valence-corrected chi connectivity index (χ1v) is 14.0. The monoisotopic (exact) mass is 562 g/mol. The lowest BCUT2D eigenvalue weighted by molar-refractivity contribution is 0.180. The Hall–Kier alpha value is -1.22. The molecule has 1 unspecified atom stereocenters. The van der Waals surface area contributed by atoms with Crippen molar-refractivity contribution in [3.63, 3.8) is 0 Å². The van der Waals surface area contributed by atoms with Gasteiger partial charge in [-0.05, 0) is 74.0 Å². The summed E-state index contributed by atoms with van der Waals surface area (Å²) >= 11 is 12.2. The molecule has 2 aliphatic rings. The van der Waals surface area contributed by atoms with Crippen LogP contribution in [0.15, 0.2) is 29.2 Å². The summed E-state index contributed by atoms with van der Waals surface area (Å²) in [6.45, 7) is 4.62. The molecule has 0 saturated heterocycles. The van der Waals surface area contributed by atoms with Crippen LogP contribution < -0.4 is 9.47 Å². The normalized spacial score (nSPS) is 17.3. The molecule has 1 heterocycles. The van der Waals surface area contributed by atoms with Crippen molar-refractivity contribution < 1.29 is 17.9 Å². The fourth-order valence-corrected chi connectivity index (χ4v) is 7.58. The van der Waals surface area contributed by atoms with Gasteiger partial charge in [-0.2, -0.15) is 4.31 Å². The second-order valence-electron chi connectivity index (χ2n) is 8.78. The Labute approximate surface area is 224 Å². The van der Waals surface area contributed by atoms with Gasteiger partial charge in [0.15, 0.2) is 11.5 Å². The van der Waals surface area contributed by atoms with E-state index in [0.717, 1.165) is 56.7 Å². The molecule has 10 heteroatoms. The maximum atomic E-state index is 13.1. The Bertz CT molecular complexity index is 1160. The van der Waals surface area contributed by atoms with Crippen molar-refractivity contribution in [2.45, 2.75) is 50.0 Å². The molecule has 1 aliphatic carbocycles. The van der Waals surface area contributed by atoms with E-state index in [1.807, 2.05) is 6.92 Å². The van der Waals surface area contributed by atoms with Crippen molar-refractivity contribution in [3.8, 4) is 11.5 Å². The molecule has 0 aromatic heterocycles. The number of benzene rings is 2. The van der Waals surface area contributed by atoms with Crippen molar-refractivity contribution in [1.29, 1.82) is 0 Å². The smallest absolute Gasteiger partial charge is 0.244 e. The highest BCUT2D eigenvalue weighted by Gasteiger charge is 2.36. The van der Waals surface area contributed by atoms with Crippen molar-refractivity contribution in [2.75, 3.05) is 40.4 Å². The van der Waals surface area contributed by atoms with E-state index in [-0.39, 0.29) is 22.3 Å². The summed E-state index contributed by atoms with van der Waals surface area (Å²) < 4.78 is 39.0. The first-order valence-electron chi connectivity index (χ1n) is 11.8. The third-order valence-corrected chi connectivity index (χ3v) is 9.67. The first kappa shape index (κ1) is 28.4. The second-order valence-corrected chi connectivity index (χ2v) is 11.5. The number of rotatable bonds is 10. The van der Waals surface area contributed by atoms with Crippen molar-refractivity contribution in [1.82, 2.24) is 9.21 Å². The molecule has 4 rings (SSSR count). The third kappa shape index (κ3) is 5.55. The quantitative estimate of drug-likeness (QED) is 0.344. The predicted octanol–water partition coefficient (Wildman–Crippen LogP) is 5.77.